The molecule has 162 valence electrons. The number of hydrogen-bond acceptors (Lipinski definition) is 6. The fourth-order valence-corrected chi connectivity index (χ4v) is 4.63. The van der Waals surface area contributed by atoms with Crippen molar-refractivity contribution in [3.05, 3.63) is 22.9 Å². The minimum Gasteiger partial charge on any atom is -0.366 e. The highest BCUT2D eigenvalue weighted by molar-refractivity contribution is 5.78. The van der Waals surface area contributed by atoms with E-state index in [4.69, 9.17) is 4.74 Å². The highest BCUT2D eigenvalue weighted by Crippen LogP contribution is 2.31. The SMILES string of the molecule is Cc1cc(C)c(C#N)c(NC[C@H]2CN(CC3CCN(CC4CC4)CC3)C(=O)CO2)n1. The standard InChI is InChI=1S/C23H33N5O2/c1-16-9-17(2)26-23(21(16)10-24)25-11-20-14-28(22(29)15-30-20)13-19-5-7-27(8-6-19)12-18-3-4-18/h9,18-20H,3-8,11-15H2,1-2H3,(H,25,26)/t20-/m0/s1. The van der Waals surface area contributed by atoms with Gasteiger partial charge in [0.2, 0.25) is 5.91 Å². The van der Waals surface area contributed by atoms with Crippen LogP contribution in [0.2, 0.25) is 0 Å². The molecule has 3 heterocycles. The number of pyridine rings is 1. The first-order valence-corrected chi connectivity index (χ1v) is 11.3. The number of carbonyl (C=O) groups excluding carboxylic acids is 1. The number of rotatable bonds is 7. The largest absolute Gasteiger partial charge is 0.366 e. The number of hydrogen-bond donors (Lipinski definition) is 1. The van der Waals surface area contributed by atoms with Gasteiger partial charge in [-0.1, -0.05) is 0 Å². The fourth-order valence-electron chi connectivity index (χ4n) is 4.63. The third kappa shape index (κ3) is 5.30. The van der Waals surface area contributed by atoms with Gasteiger partial charge in [-0.25, -0.2) is 4.98 Å². The molecule has 0 bridgehead atoms. The van der Waals surface area contributed by atoms with Crippen LogP contribution in [-0.4, -0.2) is 72.7 Å². The number of aryl methyl sites for hydroxylation is 2. The molecule has 2 aliphatic heterocycles. The van der Waals surface area contributed by atoms with E-state index in [1.165, 1.54) is 45.3 Å². The van der Waals surface area contributed by atoms with E-state index in [1.54, 1.807) is 0 Å². The topological polar surface area (TPSA) is 81.5 Å². The normalized spacial score (nSPS) is 23.4. The average Bonchev–Trinajstić information content (AvgIpc) is 3.54. The van der Waals surface area contributed by atoms with Gasteiger partial charge < -0.3 is 19.9 Å². The van der Waals surface area contributed by atoms with Crippen LogP contribution in [0.4, 0.5) is 5.82 Å². The first kappa shape index (κ1) is 21.1. The molecule has 1 aliphatic carbocycles. The Kier molecular flexibility index (Phi) is 6.55. The Balaban J connectivity index is 1.27. The summed E-state index contributed by atoms with van der Waals surface area (Å²) >= 11 is 0. The molecule has 0 unspecified atom stereocenters. The van der Waals surface area contributed by atoms with E-state index in [2.05, 4.69) is 21.3 Å². The minimum absolute atomic E-state index is 0.0909. The number of nitrogens with one attached hydrogen (secondary N) is 1. The number of carbonyl (C=O) groups is 1. The predicted molar refractivity (Wildman–Crippen MR) is 115 cm³/mol. The van der Waals surface area contributed by atoms with Crippen molar-refractivity contribution in [2.75, 3.05) is 51.2 Å². The van der Waals surface area contributed by atoms with Gasteiger partial charge in [-0.15, -0.1) is 0 Å². The number of piperidine rings is 1. The number of anilines is 1. The van der Waals surface area contributed by atoms with Crippen molar-refractivity contribution in [2.45, 2.75) is 45.6 Å². The molecule has 1 aromatic heterocycles. The molecule has 7 heteroatoms. The van der Waals surface area contributed by atoms with E-state index in [1.807, 2.05) is 24.8 Å². The van der Waals surface area contributed by atoms with Gasteiger partial charge in [-0.2, -0.15) is 5.26 Å². The summed E-state index contributed by atoms with van der Waals surface area (Å²) in [5.74, 6) is 2.23. The lowest BCUT2D eigenvalue weighted by molar-refractivity contribution is -0.149. The van der Waals surface area contributed by atoms with Gasteiger partial charge in [0, 0.05) is 31.9 Å². The molecule has 1 atom stereocenters. The van der Waals surface area contributed by atoms with Crippen LogP contribution < -0.4 is 5.32 Å². The second-order valence-electron chi connectivity index (χ2n) is 9.22. The van der Waals surface area contributed by atoms with Crippen LogP contribution in [-0.2, 0) is 9.53 Å². The van der Waals surface area contributed by atoms with E-state index < -0.39 is 0 Å². The summed E-state index contributed by atoms with van der Waals surface area (Å²) in [6.07, 6.45) is 5.08. The summed E-state index contributed by atoms with van der Waals surface area (Å²) in [4.78, 5) is 21.5. The molecule has 3 fully saturated rings. The van der Waals surface area contributed by atoms with Gasteiger partial charge >= 0.3 is 0 Å². The summed E-state index contributed by atoms with van der Waals surface area (Å²) in [5.41, 5.74) is 2.37. The number of nitrogens with zero attached hydrogens (tertiary/aromatic N) is 4. The Labute approximate surface area is 179 Å². The van der Waals surface area contributed by atoms with E-state index in [9.17, 15) is 10.1 Å². The van der Waals surface area contributed by atoms with Crippen LogP contribution in [0.1, 0.15) is 42.5 Å². The lowest BCUT2D eigenvalue weighted by atomic mass is 9.95. The van der Waals surface area contributed by atoms with E-state index in [-0.39, 0.29) is 18.6 Å². The molecule has 1 aromatic rings. The summed E-state index contributed by atoms with van der Waals surface area (Å²) < 4.78 is 5.76. The van der Waals surface area contributed by atoms with Gasteiger partial charge in [-0.3, -0.25) is 4.79 Å². The maximum atomic E-state index is 12.4. The molecule has 7 nitrogen and oxygen atoms in total. The number of aromatic nitrogens is 1. The number of likely N-dealkylation sites (tertiary alicyclic amines) is 1. The van der Waals surface area contributed by atoms with Gasteiger partial charge in [0.05, 0.1) is 11.7 Å². The number of ether oxygens (including phenoxy) is 1. The van der Waals surface area contributed by atoms with Crippen LogP contribution in [0.25, 0.3) is 0 Å². The second-order valence-corrected chi connectivity index (χ2v) is 9.22. The summed E-state index contributed by atoms with van der Waals surface area (Å²) in [5, 5.41) is 12.7. The molecule has 2 saturated heterocycles. The Morgan fingerprint density at radius 2 is 1.93 bits per heavy atom. The molecule has 4 rings (SSSR count). The highest BCUT2D eigenvalue weighted by Gasteiger charge is 2.31. The molecule has 0 radical (unpaired) electrons. The summed E-state index contributed by atoms with van der Waals surface area (Å²) in [6.45, 7) is 9.56. The van der Waals surface area contributed by atoms with E-state index >= 15 is 0 Å². The first-order chi connectivity index (χ1) is 14.5. The molecule has 0 aromatic carbocycles. The average molecular weight is 412 g/mol. The quantitative estimate of drug-likeness (QED) is 0.742. The van der Waals surface area contributed by atoms with Crippen molar-refractivity contribution in [1.29, 1.82) is 5.26 Å². The Morgan fingerprint density at radius 1 is 1.20 bits per heavy atom. The monoisotopic (exact) mass is 411 g/mol. The van der Waals surface area contributed by atoms with Crippen molar-refractivity contribution in [1.82, 2.24) is 14.8 Å². The summed E-state index contributed by atoms with van der Waals surface area (Å²) in [6, 6.07) is 4.15. The van der Waals surface area contributed by atoms with Gasteiger partial charge in [0.25, 0.3) is 0 Å². The predicted octanol–water partition coefficient (Wildman–Crippen LogP) is 2.33. The van der Waals surface area contributed by atoms with Crippen molar-refractivity contribution in [3.8, 4) is 6.07 Å². The Bertz CT molecular complexity index is 809. The van der Waals surface area contributed by atoms with Crippen LogP contribution >= 0.6 is 0 Å². The van der Waals surface area contributed by atoms with Gasteiger partial charge in [-0.05, 0) is 76.1 Å². The molecule has 1 amide bonds. The summed E-state index contributed by atoms with van der Waals surface area (Å²) in [7, 11) is 0. The molecular weight excluding hydrogens is 378 g/mol. The van der Waals surface area contributed by atoms with Crippen LogP contribution in [0.15, 0.2) is 6.07 Å². The van der Waals surface area contributed by atoms with Crippen LogP contribution in [0.3, 0.4) is 0 Å². The van der Waals surface area contributed by atoms with Crippen molar-refractivity contribution < 1.29 is 9.53 Å². The van der Waals surface area contributed by atoms with Crippen LogP contribution in [0.5, 0.6) is 0 Å². The fraction of sp³-hybridized carbons (Fsp3) is 0.696. The minimum atomic E-state index is -0.0909. The zero-order valence-corrected chi connectivity index (χ0v) is 18.2. The maximum Gasteiger partial charge on any atom is 0.248 e. The second kappa shape index (κ2) is 9.32. The van der Waals surface area contributed by atoms with Crippen molar-refractivity contribution in [3.63, 3.8) is 0 Å². The van der Waals surface area contributed by atoms with E-state index in [0.717, 1.165) is 23.7 Å². The zero-order chi connectivity index (χ0) is 21.1. The van der Waals surface area contributed by atoms with E-state index in [0.29, 0.717) is 30.4 Å². The Hall–Kier alpha value is -2.17. The van der Waals surface area contributed by atoms with Gasteiger partial charge in [0.15, 0.2) is 0 Å². The third-order valence-corrected chi connectivity index (χ3v) is 6.57. The van der Waals surface area contributed by atoms with Crippen molar-refractivity contribution in [2.24, 2.45) is 11.8 Å². The zero-order valence-electron chi connectivity index (χ0n) is 18.2. The number of nitriles is 1. The molecule has 1 N–H and O–H groups in total. The lowest BCUT2D eigenvalue weighted by Crippen LogP contribution is -2.51. The smallest absolute Gasteiger partial charge is 0.248 e. The lowest BCUT2D eigenvalue weighted by Gasteiger charge is -2.38. The third-order valence-electron chi connectivity index (χ3n) is 6.57. The number of morpholine rings is 1. The molecule has 1 saturated carbocycles. The maximum absolute atomic E-state index is 12.4. The Morgan fingerprint density at radius 3 is 2.63 bits per heavy atom. The molecular formula is C23H33N5O2. The molecule has 30 heavy (non-hydrogen) atoms. The van der Waals surface area contributed by atoms with Crippen LogP contribution in [0, 0.1) is 37.0 Å². The molecule has 0 spiro atoms. The highest BCUT2D eigenvalue weighted by atomic mass is 16.5. The first-order valence-electron chi connectivity index (χ1n) is 11.3. The van der Waals surface area contributed by atoms with Gasteiger partial charge in [0.1, 0.15) is 18.5 Å². The van der Waals surface area contributed by atoms with Crippen molar-refractivity contribution >= 4 is 11.7 Å². The number of amides is 1. The molecule has 3 aliphatic rings.